The second kappa shape index (κ2) is 5.16. The highest BCUT2D eigenvalue weighted by molar-refractivity contribution is 7.09. The molecule has 0 aliphatic rings. The maximum Gasteiger partial charge on any atom is 0.255 e. The summed E-state index contributed by atoms with van der Waals surface area (Å²) < 4.78 is 0. The van der Waals surface area contributed by atoms with E-state index in [4.69, 9.17) is 11.6 Å². The maximum atomic E-state index is 11.8. The second-order valence-corrected chi connectivity index (χ2v) is 4.72. The van der Waals surface area contributed by atoms with Crippen LogP contribution >= 0.6 is 22.9 Å². The SMILES string of the molecule is O=C(NCc1cncs1)c1cc(Cl)ccc1O. The van der Waals surface area contributed by atoms with Crippen molar-refractivity contribution in [2.75, 3.05) is 0 Å². The van der Waals surface area contributed by atoms with E-state index in [1.807, 2.05) is 0 Å². The van der Waals surface area contributed by atoms with Crippen molar-refractivity contribution in [1.29, 1.82) is 0 Å². The van der Waals surface area contributed by atoms with Gasteiger partial charge in [0, 0.05) is 16.1 Å². The van der Waals surface area contributed by atoms with Gasteiger partial charge in [-0.3, -0.25) is 9.78 Å². The standard InChI is InChI=1S/C11H9ClN2O2S/c12-7-1-2-10(15)9(3-7)11(16)14-5-8-4-13-6-17-8/h1-4,6,15H,5H2,(H,14,16). The normalized spacial score (nSPS) is 10.2. The van der Waals surface area contributed by atoms with E-state index in [0.29, 0.717) is 11.6 Å². The molecular weight excluding hydrogens is 260 g/mol. The van der Waals surface area contributed by atoms with Crippen molar-refractivity contribution in [1.82, 2.24) is 10.3 Å². The van der Waals surface area contributed by atoms with Gasteiger partial charge in [-0.15, -0.1) is 11.3 Å². The Kier molecular flexibility index (Phi) is 3.61. The Morgan fingerprint density at radius 1 is 1.53 bits per heavy atom. The van der Waals surface area contributed by atoms with Crippen molar-refractivity contribution in [3.05, 3.63) is 45.4 Å². The molecule has 0 fully saturated rings. The molecule has 0 atom stereocenters. The van der Waals surface area contributed by atoms with Crippen molar-refractivity contribution in [2.45, 2.75) is 6.54 Å². The number of phenols is 1. The first-order chi connectivity index (χ1) is 8.16. The van der Waals surface area contributed by atoms with Crippen LogP contribution < -0.4 is 5.32 Å². The van der Waals surface area contributed by atoms with Gasteiger partial charge in [-0.2, -0.15) is 0 Å². The van der Waals surface area contributed by atoms with E-state index >= 15 is 0 Å². The third-order valence-electron chi connectivity index (χ3n) is 2.11. The number of thiazole rings is 1. The van der Waals surface area contributed by atoms with Gasteiger partial charge in [0.25, 0.3) is 5.91 Å². The number of aromatic nitrogens is 1. The van der Waals surface area contributed by atoms with E-state index < -0.39 is 0 Å². The molecule has 0 radical (unpaired) electrons. The smallest absolute Gasteiger partial charge is 0.255 e. The molecule has 88 valence electrons. The molecule has 0 unspecified atom stereocenters. The molecule has 0 aliphatic carbocycles. The number of halogens is 1. The number of phenolic OH excluding ortho intramolecular Hbond substituents is 1. The first kappa shape index (κ1) is 11.9. The van der Waals surface area contributed by atoms with Gasteiger partial charge < -0.3 is 10.4 Å². The van der Waals surface area contributed by atoms with Gasteiger partial charge in [-0.05, 0) is 18.2 Å². The van der Waals surface area contributed by atoms with Crippen molar-refractivity contribution in [3.8, 4) is 5.75 Å². The van der Waals surface area contributed by atoms with Gasteiger partial charge in [0.1, 0.15) is 5.75 Å². The summed E-state index contributed by atoms with van der Waals surface area (Å²) >= 11 is 7.21. The lowest BCUT2D eigenvalue weighted by atomic mass is 10.2. The molecule has 0 saturated carbocycles. The van der Waals surface area contributed by atoms with Crippen LogP contribution in [0.4, 0.5) is 0 Å². The zero-order chi connectivity index (χ0) is 12.3. The lowest BCUT2D eigenvalue weighted by Gasteiger charge is -2.05. The molecule has 2 N–H and O–H groups in total. The Morgan fingerprint density at radius 3 is 3.06 bits per heavy atom. The Bertz CT molecular complexity index is 528. The summed E-state index contributed by atoms with van der Waals surface area (Å²) in [7, 11) is 0. The molecule has 1 aromatic heterocycles. The highest BCUT2D eigenvalue weighted by atomic mass is 35.5. The summed E-state index contributed by atoms with van der Waals surface area (Å²) in [5.41, 5.74) is 1.86. The van der Waals surface area contributed by atoms with Gasteiger partial charge in [-0.25, -0.2) is 0 Å². The van der Waals surface area contributed by atoms with Gasteiger partial charge >= 0.3 is 0 Å². The molecule has 1 aromatic carbocycles. The van der Waals surface area contributed by atoms with Gasteiger partial charge in [0.05, 0.1) is 17.6 Å². The molecule has 2 aromatic rings. The van der Waals surface area contributed by atoms with Crippen LogP contribution in [0.1, 0.15) is 15.2 Å². The fourth-order valence-corrected chi connectivity index (χ4v) is 1.99. The fraction of sp³-hybridized carbons (Fsp3) is 0.0909. The van der Waals surface area contributed by atoms with Crippen molar-refractivity contribution >= 4 is 28.8 Å². The number of nitrogens with zero attached hydrogens (tertiary/aromatic N) is 1. The van der Waals surface area contributed by atoms with E-state index in [1.54, 1.807) is 11.7 Å². The van der Waals surface area contributed by atoms with Crippen LogP contribution in [0, 0.1) is 0 Å². The highest BCUT2D eigenvalue weighted by Gasteiger charge is 2.11. The van der Waals surface area contributed by atoms with E-state index in [2.05, 4.69) is 10.3 Å². The zero-order valence-electron chi connectivity index (χ0n) is 8.68. The number of hydrogen-bond donors (Lipinski definition) is 2. The summed E-state index contributed by atoms with van der Waals surface area (Å²) in [5, 5.41) is 12.6. The second-order valence-electron chi connectivity index (χ2n) is 3.31. The number of aromatic hydroxyl groups is 1. The van der Waals surface area contributed by atoms with Crippen molar-refractivity contribution in [3.63, 3.8) is 0 Å². The lowest BCUT2D eigenvalue weighted by molar-refractivity contribution is 0.0948. The Labute approximate surface area is 107 Å². The summed E-state index contributed by atoms with van der Waals surface area (Å²) in [5.74, 6) is -0.449. The summed E-state index contributed by atoms with van der Waals surface area (Å²) in [6.45, 7) is 0.384. The monoisotopic (exact) mass is 268 g/mol. The van der Waals surface area contributed by atoms with Crippen LogP contribution in [0.15, 0.2) is 29.9 Å². The lowest BCUT2D eigenvalue weighted by Crippen LogP contribution is -2.22. The predicted molar refractivity (Wildman–Crippen MR) is 66.4 cm³/mol. The van der Waals surface area contributed by atoms with Gasteiger partial charge in [0.2, 0.25) is 0 Å². The molecule has 4 nitrogen and oxygen atoms in total. The Morgan fingerprint density at radius 2 is 2.35 bits per heavy atom. The molecule has 0 saturated heterocycles. The van der Waals surface area contributed by atoms with Crippen LogP contribution in [0.5, 0.6) is 5.75 Å². The molecule has 1 amide bonds. The third kappa shape index (κ3) is 2.95. The number of nitrogens with one attached hydrogen (secondary N) is 1. The molecule has 0 bridgehead atoms. The number of carbonyl (C=O) groups is 1. The molecule has 0 aliphatic heterocycles. The van der Waals surface area contributed by atoms with Crippen LogP contribution in [0.3, 0.4) is 0 Å². The van der Waals surface area contributed by atoms with Crippen LogP contribution in [-0.2, 0) is 6.54 Å². The number of amides is 1. The fourth-order valence-electron chi connectivity index (χ4n) is 1.28. The Hall–Kier alpha value is -1.59. The topological polar surface area (TPSA) is 62.2 Å². The minimum Gasteiger partial charge on any atom is -0.507 e. The predicted octanol–water partition coefficient (Wildman–Crippen LogP) is 2.43. The number of carbonyl (C=O) groups excluding carboxylic acids is 1. The van der Waals surface area contributed by atoms with Crippen LogP contribution in [0.2, 0.25) is 5.02 Å². The van der Waals surface area contributed by atoms with E-state index in [-0.39, 0.29) is 17.2 Å². The van der Waals surface area contributed by atoms with Gasteiger partial charge in [-0.1, -0.05) is 11.6 Å². The summed E-state index contributed by atoms with van der Waals surface area (Å²) in [6.07, 6.45) is 1.68. The molecule has 2 rings (SSSR count). The quantitative estimate of drug-likeness (QED) is 0.899. The molecular formula is C11H9ClN2O2S. The van der Waals surface area contributed by atoms with Crippen LogP contribution in [0.25, 0.3) is 0 Å². The van der Waals surface area contributed by atoms with E-state index in [1.165, 1.54) is 29.5 Å². The van der Waals surface area contributed by atoms with Crippen molar-refractivity contribution in [2.24, 2.45) is 0 Å². The number of rotatable bonds is 3. The first-order valence-electron chi connectivity index (χ1n) is 4.81. The largest absolute Gasteiger partial charge is 0.507 e. The summed E-state index contributed by atoms with van der Waals surface area (Å²) in [6, 6.07) is 4.35. The number of benzene rings is 1. The minimum absolute atomic E-state index is 0.0868. The average molecular weight is 269 g/mol. The Balaban J connectivity index is 2.07. The average Bonchev–Trinajstić information content (AvgIpc) is 2.82. The molecule has 17 heavy (non-hydrogen) atoms. The zero-order valence-corrected chi connectivity index (χ0v) is 10.3. The van der Waals surface area contributed by atoms with E-state index in [0.717, 1.165) is 4.88 Å². The number of hydrogen-bond acceptors (Lipinski definition) is 4. The van der Waals surface area contributed by atoms with Gasteiger partial charge in [0.15, 0.2) is 0 Å². The van der Waals surface area contributed by atoms with Crippen LogP contribution in [-0.4, -0.2) is 16.0 Å². The third-order valence-corrected chi connectivity index (χ3v) is 3.12. The van der Waals surface area contributed by atoms with Crippen molar-refractivity contribution < 1.29 is 9.90 Å². The molecule has 6 heteroatoms. The molecule has 1 heterocycles. The summed E-state index contributed by atoms with van der Waals surface area (Å²) in [4.78, 5) is 16.6. The van der Waals surface area contributed by atoms with E-state index in [9.17, 15) is 9.90 Å². The minimum atomic E-state index is -0.363. The molecule has 0 spiro atoms. The first-order valence-corrected chi connectivity index (χ1v) is 6.06. The maximum absolute atomic E-state index is 11.8. The highest BCUT2D eigenvalue weighted by Crippen LogP contribution is 2.21.